The van der Waals surface area contributed by atoms with E-state index in [4.69, 9.17) is 10.3 Å². The van der Waals surface area contributed by atoms with E-state index in [0.717, 1.165) is 17.1 Å². The van der Waals surface area contributed by atoms with Gasteiger partial charge in [-0.1, -0.05) is 17.7 Å². The van der Waals surface area contributed by atoms with Gasteiger partial charge in [0.25, 0.3) is 5.91 Å². The van der Waals surface area contributed by atoms with Crippen molar-refractivity contribution in [1.29, 1.82) is 0 Å². The Balaban J connectivity index is 1.82. The van der Waals surface area contributed by atoms with E-state index in [1.807, 2.05) is 16.8 Å². The molecule has 1 heterocycles. The van der Waals surface area contributed by atoms with Crippen LogP contribution < -0.4 is 5.48 Å². The van der Waals surface area contributed by atoms with Crippen LogP contribution in [-0.4, -0.2) is 20.9 Å². The van der Waals surface area contributed by atoms with Gasteiger partial charge in [0, 0.05) is 17.0 Å². The third-order valence-corrected chi connectivity index (χ3v) is 4.87. The Morgan fingerprint density at radius 2 is 1.85 bits per heavy atom. The van der Waals surface area contributed by atoms with Crippen molar-refractivity contribution in [2.75, 3.05) is 0 Å². The number of rotatable bonds is 4. The highest BCUT2D eigenvalue weighted by atomic mass is 16.5. The Morgan fingerprint density at radius 3 is 2.50 bits per heavy atom. The Morgan fingerprint density at radius 1 is 1.12 bits per heavy atom. The number of benzene rings is 2. The molecule has 0 spiro atoms. The summed E-state index contributed by atoms with van der Waals surface area (Å²) in [5.41, 5.74) is 8.72. The minimum atomic E-state index is -0.523. The first-order valence-electron chi connectivity index (χ1n) is 8.79. The van der Waals surface area contributed by atoms with Gasteiger partial charge in [-0.25, -0.2) is 10.2 Å². The molecule has 1 fully saturated rings. The Labute approximate surface area is 152 Å². The molecular formula is C21H21N3O2. The van der Waals surface area contributed by atoms with Gasteiger partial charge in [-0.2, -0.15) is 5.10 Å². The Bertz CT molecular complexity index is 969. The lowest BCUT2D eigenvalue weighted by Gasteiger charge is -2.11. The van der Waals surface area contributed by atoms with E-state index >= 15 is 0 Å². The number of amides is 1. The molecule has 26 heavy (non-hydrogen) atoms. The van der Waals surface area contributed by atoms with Crippen molar-refractivity contribution in [3.63, 3.8) is 0 Å². The van der Waals surface area contributed by atoms with Gasteiger partial charge >= 0.3 is 0 Å². The summed E-state index contributed by atoms with van der Waals surface area (Å²) in [6.45, 7) is 4.20. The van der Waals surface area contributed by atoms with Gasteiger partial charge in [-0.05, 0) is 68.7 Å². The van der Waals surface area contributed by atoms with E-state index in [0.29, 0.717) is 11.5 Å². The molecule has 0 radical (unpaired) electrons. The van der Waals surface area contributed by atoms with Crippen LogP contribution in [0.3, 0.4) is 0 Å². The third kappa shape index (κ3) is 3.02. The SMILES string of the molecule is Cc1ccc(C)c(-c2cc(C3CC3)nn2-c2ccc(C(=O)NO)cc2)c1. The number of carbonyl (C=O) groups is 1. The average Bonchev–Trinajstić information content (AvgIpc) is 3.42. The summed E-state index contributed by atoms with van der Waals surface area (Å²) in [6, 6.07) is 15.7. The molecule has 132 valence electrons. The number of carbonyl (C=O) groups excluding carboxylic acids is 1. The van der Waals surface area contributed by atoms with Crippen molar-refractivity contribution < 1.29 is 10.0 Å². The highest BCUT2D eigenvalue weighted by Crippen LogP contribution is 2.41. The summed E-state index contributed by atoms with van der Waals surface area (Å²) in [4.78, 5) is 11.5. The number of nitrogens with zero attached hydrogens (tertiary/aromatic N) is 2. The van der Waals surface area contributed by atoms with E-state index in [9.17, 15) is 4.79 Å². The highest BCUT2D eigenvalue weighted by molar-refractivity contribution is 5.93. The number of aromatic nitrogens is 2. The first kappa shape index (κ1) is 16.5. The highest BCUT2D eigenvalue weighted by Gasteiger charge is 2.28. The average molecular weight is 347 g/mol. The minimum Gasteiger partial charge on any atom is -0.288 e. The van der Waals surface area contributed by atoms with Crippen LogP contribution in [0.4, 0.5) is 0 Å². The van der Waals surface area contributed by atoms with Gasteiger partial charge in [-0.3, -0.25) is 10.0 Å². The number of hydrogen-bond donors (Lipinski definition) is 2. The molecule has 0 saturated heterocycles. The van der Waals surface area contributed by atoms with E-state index in [2.05, 4.69) is 38.1 Å². The smallest absolute Gasteiger partial charge is 0.274 e. The maximum atomic E-state index is 11.5. The van der Waals surface area contributed by atoms with E-state index in [1.165, 1.54) is 29.5 Å². The molecule has 0 atom stereocenters. The number of nitrogens with one attached hydrogen (secondary N) is 1. The zero-order chi connectivity index (χ0) is 18.3. The summed E-state index contributed by atoms with van der Waals surface area (Å²) < 4.78 is 1.95. The third-order valence-electron chi connectivity index (χ3n) is 4.87. The predicted octanol–water partition coefficient (Wildman–Crippen LogP) is 4.15. The molecule has 4 rings (SSSR count). The fraction of sp³-hybridized carbons (Fsp3) is 0.238. The second kappa shape index (κ2) is 6.42. The Hall–Kier alpha value is -2.92. The minimum absolute atomic E-state index is 0.402. The lowest BCUT2D eigenvalue weighted by Crippen LogP contribution is -2.18. The molecule has 5 heteroatoms. The van der Waals surface area contributed by atoms with E-state index in [1.54, 1.807) is 17.6 Å². The van der Waals surface area contributed by atoms with E-state index < -0.39 is 5.91 Å². The second-order valence-electron chi connectivity index (χ2n) is 6.95. The van der Waals surface area contributed by atoms with Crippen LogP contribution in [0.25, 0.3) is 16.9 Å². The maximum absolute atomic E-state index is 11.5. The van der Waals surface area contributed by atoms with E-state index in [-0.39, 0.29) is 0 Å². The topological polar surface area (TPSA) is 67.2 Å². The quantitative estimate of drug-likeness (QED) is 0.550. The predicted molar refractivity (Wildman–Crippen MR) is 99.7 cm³/mol. The molecule has 2 N–H and O–H groups in total. The lowest BCUT2D eigenvalue weighted by molar-refractivity contribution is 0.0706. The fourth-order valence-corrected chi connectivity index (χ4v) is 3.20. The molecule has 0 bridgehead atoms. The molecule has 0 aliphatic heterocycles. The van der Waals surface area contributed by atoms with Crippen LogP contribution in [0.2, 0.25) is 0 Å². The first-order valence-corrected chi connectivity index (χ1v) is 8.79. The molecule has 1 amide bonds. The van der Waals surface area contributed by atoms with Crippen LogP contribution in [-0.2, 0) is 0 Å². The zero-order valence-corrected chi connectivity index (χ0v) is 14.9. The number of aryl methyl sites for hydroxylation is 2. The van der Waals surface area contributed by atoms with Crippen molar-refractivity contribution in [1.82, 2.24) is 15.3 Å². The fourth-order valence-electron chi connectivity index (χ4n) is 3.20. The molecule has 3 aromatic rings. The summed E-state index contributed by atoms with van der Waals surface area (Å²) >= 11 is 0. The standard InChI is InChI=1S/C21H21N3O2/c1-13-3-4-14(2)18(11-13)20-12-19(15-5-6-15)22-24(20)17-9-7-16(8-10-17)21(25)23-26/h3-4,7-12,15,26H,5-6H2,1-2H3,(H,23,25). The normalized spacial score (nSPS) is 13.7. The molecule has 1 saturated carbocycles. The van der Waals surface area contributed by atoms with Crippen molar-refractivity contribution in [2.45, 2.75) is 32.6 Å². The van der Waals surface area contributed by atoms with Crippen molar-refractivity contribution in [3.8, 4) is 16.9 Å². The van der Waals surface area contributed by atoms with Gasteiger partial charge < -0.3 is 0 Å². The van der Waals surface area contributed by atoms with Crippen molar-refractivity contribution >= 4 is 5.91 Å². The zero-order valence-electron chi connectivity index (χ0n) is 14.9. The van der Waals surface area contributed by atoms with Crippen molar-refractivity contribution in [3.05, 3.63) is 70.9 Å². The molecule has 0 unspecified atom stereocenters. The number of hydrogen-bond acceptors (Lipinski definition) is 3. The van der Waals surface area contributed by atoms with Gasteiger partial charge in [0.05, 0.1) is 17.1 Å². The van der Waals surface area contributed by atoms with Crippen LogP contribution >= 0.6 is 0 Å². The lowest BCUT2D eigenvalue weighted by atomic mass is 10.0. The molecule has 1 aromatic heterocycles. The summed E-state index contributed by atoms with van der Waals surface area (Å²) in [5, 5.41) is 13.6. The molecule has 1 aliphatic carbocycles. The molecular weight excluding hydrogens is 326 g/mol. The van der Waals surface area contributed by atoms with Gasteiger partial charge in [0.15, 0.2) is 0 Å². The van der Waals surface area contributed by atoms with Crippen LogP contribution in [0, 0.1) is 13.8 Å². The second-order valence-corrected chi connectivity index (χ2v) is 6.95. The summed E-state index contributed by atoms with van der Waals surface area (Å²) in [5.74, 6) is 0.0324. The van der Waals surface area contributed by atoms with Gasteiger partial charge in [-0.15, -0.1) is 0 Å². The maximum Gasteiger partial charge on any atom is 0.274 e. The molecule has 1 aliphatic rings. The monoisotopic (exact) mass is 347 g/mol. The summed E-state index contributed by atoms with van der Waals surface area (Å²) in [6.07, 6.45) is 2.39. The summed E-state index contributed by atoms with van der Waals surface area (Å²) in [7, 11) is 0. The van der Waals surface area contributed by atoms with Crippen LogP contribution in [0.1, 0.15) is 45.9 Å². The largest absolute Gasteiger partial charge is 0.288 e. The van der Waals surface area contributed by atoms with Crippen molar-refractivity contribution in [2.24, 2.45) is 0 Å². The first-order chi connectivity index (χ1) is 12.6. The molecule has 2 aromatic carbocycles. The Kier molecular flexibility index (Phi) is 4.09. The van der Waals surface area contributed by atoms with Gasteiger partial charge in [0.2, 0.25) is 0 Å². The van der Waals surface area contributed by atoms with Crippen LogP contribution in [0.5, 0.6) is 0 Å². The van der Waals surface area contributed by atoms with Crippen LogP contribution in [0.15, 0.2) is 48.5 Å². The number of hydroxylamine groups is 1. The van der Waals surface area contributed by atoms with Gasteiger partial charge in [0.1, 0.15) is 0 Å². The molecule has 5 nitrogen and oxygen atoms in total.